The van der Waals surface area contributed by atoms with Crippen LogP contribution in [0.15, 0.2) is 30.3 Å². The molecule has 1 fully saturated rings. The van der Waals surface area contributed by atoms with Crippen LogP contribution in [0.25, 0.3) is 0 Å². The third-order valence-corrected chi connectivity index (χ3v) is 5.51. The van der Waals surface area contributed by atoms with E-state index in [1.54, 1.807) is 0 Å². The fourth-order valence-corrected chi connectivity index (χ4v) is 3.44. The molecule has 0 aliphatic carbocycles. The van der Waals surface area contributed by atoms with E-state index in [0.717, 1.165) is 12.8 Å². The summed E-state index contributed by atoms with van der Waals surface area (Å²) in [5, 5.41) is 0. The van der Waals surface area contributed by atoms with E-state index in [9.17, 15) is 9.59 Å². The molecule has 0 radical (unpaired) electrons. The van der Waals surface area contributed by atoms with Crippen molar-refractivity contribution in [2.45, 2.75) is 89.1 Å². The van der Waals surface area contributed by atoms with Gasteiger partial charge in [-0.05, 0) is 18.4 Å². The van der Waals surface area contributed by atoms with Crippen LogP contribution in [0, 0.1) is 35.5 Å². The zero-order valence-corrected chi connectivity index (χ0v) is 21.5. The van der Waals surface area contributed by atoms with E-state index in [0.29, 0.717) is 37.7 Å². The molecule has 1 aromatic carbocycles. The Kier molecular flexibility index (Phi) is 13.9. The molecule has 4 atom stereocenters. The smallest absolute Gasteiger partial charge is 0.341 e. The van der Waals surface area contributed by atoms with Gasteiger partial charge in [0.25, 0.3) is 0 Å². The summed E-state index contributed by atoms with van der Waals surface area (Å²) in [6.07, 6.45) is 4.73. The van der Waals surface area contributed by atoms with E-state index in [1.165, 1.54) is 27.1 Å². The van der Waals surface area contributed by atoms with Crippen LogP contribution in [0.3, 0.4) is 0 Å². The number of carbonyl (C=O) groups is 2. The second kappa shape index (κ2) is 17.2. The Bertz CT molecular complexity index is 998. The summed E-state index contributed by atoms with van der Waals surface area (Å²) in [7, 11) is 2.85. The first-order valence-corrected chi connectivity index (χ1v) is 12.5. The molecular weight excluding hydrogens is 456 g/mol. The van der Waals surface area contributed by atoms with Crippen LogP contribution in [0.2, 0.25) is 0 Å². The normalized spacial score (nSPS) is 17.1. The summed E-state index contributed by atoms with van der Waals surface area (Å²) < 4.78 is 21.5. The number of esters is 2. The van der Waals surface area contributed by atoms with E-state index in [4.69, 9.17) is 14.2 Å². The molecule has 1 aliphatic rings. The monoisotopic (exact) mass is 492 g/mol. The Morgan fingerprint density at radius 3 is 2.44 bits per heavy atom. The second-order valence-electron chi connectivity index (χ2n) is 8.32. The second-order valence-corrected chi connectivity index (χ2v) is 8.32. The number of benzene rings is 1. The maximum Gasteiger partial charge on any atom is 0.341 e. The van der Waals surface area contributed by atoms with Gasteiger partial charge in [0.05, 0.1) is 19.6 Å². The molecule has 0 spiro atoms. The number of rotatable bonds is 12. The predicted molar refractivity (Wildman–Crippen MR) is 137 cm³/mol. The van der Waals surface area contributed by atoms with Crippen molar-refractivity contribution in [2.75, 3.05) is 14.2 Å². The van der Waals surface area contributed by atoms with E-state index in [-0.39, 0.29) is 18.2 Å². The van der Waals surface area contributed by atoms with Crippen molar-refractivity contribution in [3.8, 4) is 35.5 Å². The van der Waals surface area contributed by atoms with Gasteiger partial charge < -0.3 is 18.9 Å². The van der Waals surface area contributed by atoms with Crippen LogP contribution in [-0.2, 0) is 28.5 Å². The standard InChI is InChI=1S/C30H36O6/c1-4-5-6-7-8-9-10-16-22-26(36-30(32)28(34-3)24-19-14-13-15-20-24)29-25(35-29)21-17-11-12-18-23-27(31)33-2/h13-15,19-20,25-26,28-29H,4-7,10,12,18,21,23H2,1-3H3/t25-,26+,28-,29-/m1/s1. The van der Waals surface area contributed by atoms with Crippen LogP contribution in [0.5, 0.6) is 0 Å². The van der Waals surface area contributed by atoms with Gasteiger partial charge in [0, 0.05) is 32.8 Å². The van der Waals surface area contributed by atoms with E-state index >= 15 is 0 Å². The van der Waals surface area contributed by atoms with Crippen LogP contribution in [0.1, 0.15) is 76.4 Å². The maximum absolute atomic E-state index is 12.9. The first-order chi connectivity index (χ1) is 17.6. The zero-order chi connectivity index (χ0) is 26.0. The van der Waals surface area contributed by atoms with Gasteiger partial charge in [-0.1, -0.05) is 67.9 Å². The van der Waals surface area contributed by atoms with Gasteiger partial charge >= 0.3 is 11.9 Å². The fraction of sp³-hybridized carbons (Fsp3) is 0.533. The van der Waals surface area contributed by atoms with Crippen molar-refractivity contribution in [1.29, 1.82) is 0 Å². The summed E-state index contributed by atoms with van der Waals surface area (Å²) in [6, 6.07) is 9.19. The molecular formula is C30H36O6. The first-order valence-electron chi connectivity index (χ1n) is 12.5. The third kappa shape index (κ3) is 11.0. The molecule has 1 heterocycles. The van der Waals surface area contributed by atoms with Gasteiger partial charge in [0.1, 0.15) is 6.10 Å². The van der Waals surface area contributed by atoms with Gasteiger partial charge in [0.15, 0.2) is 12.2 Å². The number of hydrogen-bond donors (Lipinski definition) is 0. The molecule has 1 aliphatic heterocycles. The number of hydrogen-bond acceptors (Lipinski definition) is 6. The molecule has 36 heavy (non-hydrogen) atoms. The molecule has 0 saturated carbocycles. The number of unbranched alkanes of at least 4 members (excludes halogenated alkanes) is 4. The number of epoxide rings is 1. The molecule has 0 amide bonds. The highest BCUT2D eigenvalue weighted by Gasteiger charge is 2.46. The fourth-order valence-electron chi connectivity index (χ4n) is 3.44. The van der Waals surface area contributed by atoms with Crippen LogP contribution in [-0.4, -0.2) is 44.5 Å². The Hall–Kier alpha value is -3.24. The molecule has 0 aromatic heterocycles. The Morgan fingerprint density at radius 1 is 0.972 bits per heavy atom. The average molecular weight is 493 g/mol. The minimum Gasteiger partial charge on any atom is -0.469 e. The third-order valence-electron chi connectivity index (χ3n) is 5.51. The lowest BCUT2D eigenvalue weighted by molar-refractivity contribution is -0.159. The lowest BCUT2D eigenvalue weighted by Gasteiger charge is -2.17. The molecule has 0 bridgehead atoms. The molecule has 0 N–H and O–H groups in total. The molecule has 6 heteroatoms. The van der Waals surface area contributed by atoms with Crippen molar-refractivity contribution in [1.82, 2.24) is 0 Å². The lowest BCUT2D eigenvalue weighted by atomic mass is 10.1. The maximum atomic E-state index is 12.9. The predicted octanol–water partition coefficient (Wildman–Crippen LogP) is 4.77. The van der Waals surface area contributed by atoms with Gasteiger partial charge in [0.2, 0.25) is 0 Å². The molecule has 6 nitrogen and oxygen atoms in total. The molecule has 1 saturated heterocycles. The zero-order valence-electron chi connectivity index (χ0n) is 21.5. The minimum absolute atomic E-state index is 0.164. The quantitative estimate of drug-likeness (QED) is 0.181. The van der Waals surface area contributed by atoms with Crippen LogP contribution < -0.4 is 0 Å². The Labute approximate surface area is 215 Å². The lowest BCUT2D eigenvalue weighted by Crippen LogP contribution is -2.28. The first kappa shape index (κ1) is 29.0. The number of ether oxygens (including phenoxy) is 4. The highest BCUT2D eigenvalue weighted by atomic mass is 16.6. The van der Waals surface area contributed by atoms with Gasteiger partial charge in [-0.15, -0.1) is 17.8 Å². The average Bonchev–Trinajstić information content (AvgIpc) is 3.67. The largest absolute Gasteiger partial charge is 0.469 e. The van der Waals surface area contributed by atoms with Crippen molar-refractivity contribution < 1.29 is 28.5 Å². The number of carbonyl (C=O) groups excluding carboxylic acids is 2. The van der Waals surface area contributed by atoms with E-state index in [1.807, 2.05) is 30.3 Å². The van der Waals surface area contributed by atoms with E-state index < -0.39 is 18.2 Å². The Morgan fingerprint density at radius 2 is 1.72 bits per heavy atom. The Balaban J connectivity index is 1.95. The summed E-state index contributed by atoms with van der Waals surface area (Å²) >= 11 is 0. The van der Waals surface area contributed by atoms with Crippen molar-refractivity contribution in [3.05, 3.63) is 35.9 Å². The molecule has 0 unspecified atom stereocenters. The highest BCUT2D eigenvalue weighted by Crippen LogP contribution is 2.31. The van der Waals surface area contributed by atoms with Crippen LogP contribution >= 0.6 is 0 Å². The van der Waals surface area contributed by atoms with E-state index in [2.05, 4.69) is 47.2 Å². The van der Waals surface area contributed by atoms with Crippen molar-refractivity contribution in [2.24, 2.45) is 0 Å². The summed E-state index contributed by atoms with van der Waals surface area (Å²) in [6.45, 7) is 2.16. The van der Waals surface area contributed by atoms with Crippen molar-refractivity contribution in [3.63, 3.8) is 0 Å². The minimum atomic E-state index is -0.847. The molecule has 1 aromatic rings. The summed E-state index contributed by atoms with van der Waals surface area (Å²) in [4.78, 5) is 24.1. The SMILES string of the molecule is CCCCCC#CCC#C[C@H](OC(=O)[C@H](OC)c1ccccc1)[C@@H]1O[C@@H]1CC#CCCCC(=O)OC. The summed E-state index contributed by atoms with van der Waals surface area (Å²) in [5.41, 5.74) is 0.709. The topological polar surface area (TPSA) is 74.4 Å². The molecule has 2 rings (SSSR count). The number of methoxy groups -OCH3 is 2. The summed E-state index contributed by atoms with van der Waals surface area (Å²) in [5.74, 6) is 17.6. The van der Waals surface area contributed by atoms with Crippen molar-refractivity contribution >= 4 is 11.9 Å². The molecule has 192 valence electrons. The highest BCUT2D eigenvalue weighted by molar-refractivity contribution is 5.77. The van der Waals surface area contributed by atoms with Crippen LogP contribution in [0.4, 0.5) is 0 Å². The van der Waals surface area contributed by atoms with Gasteiger partial charge in [-0.25, -0.2) is 4.79 Å². The van der Waals surface area contributed by atoms with Gasteiger partial charge in [-0.3, -0.25) is 4.79 Å². The van der Waals surface area contributed by atoms with Gasteiger partial charge in [-0.2, -0.15) is 0 Å².